The van der Waals surface area contributed by atoms with Gasteiger partial charge in [-0.2, -0.15) is 0 Å². The lowest BCUT2D eigenvalue weighted by Crippen LogP contribution is -2.01. The molecule has 0 spiro atoms. The predicted octanol–water partition coefficient (Wildman–Crippen LogP) is 2.48. The van der Waals surface area contributed by atoms with E-state index >= 15 is 0 Å². The Morgan fingerprint density at radius 2 is 1.92 bits per heavy atom. The highest BCUT2D eigenvalue weighted by Gasteiger charge is 2.10. The van der Waals surface area contributed by atoms with Crippen LogP contribution < -0.4 is 11.1 Å². The zero-order valence-corrected chi connectivity index (χ0v) is 12.7. The van der Waals surface area contributed by atoms with Crippen molar-refractivity contribution in [3.8, 4) is 11.3 Å². The van der Waals surface area contributed by atoms with E-state index in [0.29, 0.717) is 22.9 Å². The minimum Gasteiger partial charge on any atom is -0.368 e. The molecule has 0 aliphatic rings. The van der Waals surface area contributed by atoms with Crippen molar-refractivity contribution in [3.05, 3.63) is 58.5 Å². The van der Waals surface area contributed by atoms with Crippen molar-refractivity contribution < 1.29 is 4.92 Å². The van der Waals surface area contributed by atoms with E-state index in [1.54, 1.807) is 30.7 Å². The van der Waals surface area contributed by atoms with Crippen LogP contribution >= 0.6 is 0 Å². The number of anilines is 3. The van der Waals surface area contributed by atoms with Crippen molar-refractivity contribution in [1.82, 2.24) is 19.9 Å². The Morgan fingerprint density at radius 3 is 2.62 bits per heavy atom. The lowest BCUT2D eigenvalue weighted by atomic mass is 10.2. The molecule has 3 aromatic rings. The van der Waals surface area contributed by atoms with E-state index in [1.807, 2.05) is 6.92 Å². The van der Waals surface area contributed by atoms with Crippen LogP contribution in [0.15, 0.2) is 42.9 Å². The van der Waals surface area contributed by atoms with Crippen LogP contribution in [0.4, 0.5) is 23.3 Å². The van der Waals surface area contributed by atoms with Crippen molar-refractivity contribution in [2.45, 2.75) is 6.92 Å². The number of nitrogens with zero attached hydrogens (tertiary/aromatic N) is 5. The van der Waals surface area contributed by atoms with Crippen molar-refractivity contribution in [2.24, 2.45) is 0 Å². The molecular formula is C15H13N7O2. The van der Waals surface area contributed by atoms with Crippen LogP contribution in [0.1, 0.15) is 5.56 Å². The largest absolute Gasteiger partial charge is 0.368 e. The zero-order valence-electron chi connectivity index (χ0n) is 12.7. The van der Waals surface area contributed by atoms with E-state index in [0.717, 1.165) is 5.56 Å². The number of nitro groups is 1. The Morgan fingerprint density at radius 1 is 1.17 bits per heavy atom. The van der Waals surface area contributed by atoms with Gasteiger partial charge in [0.05, 0.1) is 16.3 Å². The molecule has 2 heterocycles. The van der Waals surface area contributed by atoms with Gasteiger partial charge in [0.1, 0.15) is 0 Å². The van der Waals surface area contributed by atoms with E-state index in [2.05, 4.69) is 25.3 Å². The highest BCUT2D eigenvalue weighted by atomic mass is 16.6. The van der Waals surface area contributed by atoms with Gasteiger partial charge in [-0.15, -0.1) is 0 Å². The molecule has 3 N–H and O–H groups in total. The van der Waals surface area contributed by atoms with Gasteiger partial charge in [-0.1, -0.05) is 6.07 Å². The second-order valence-corrected chi connectivity index (χ2v) is 4.98. The second-order valence-electron chi connectivity index (χ2n) is 4.98. The summed E-state index contributed by atoms with van der Waals surface area (Å²) >= 11 is 0. The topological polar surface area (TPSA) is 133 Å². The van der Waals surface area contributed by atoms with E-state index in [-0.39, 0.29) is 11.6 Å². The number of nitro benzene ring substituents is 1. The fraction of sp³-hybridized carbons (Fsp3) is 0.0667. The first-order valence-corrected chi connectivity index (χ1v) is 6.96. The number of hydrogen-bond acceptors (Lipinski definition) is 8. The molecular weight excluding hydrogens is 310 g/mol. The number of nitrogens with two attached hydrogens (primary N) is 1. The standard InChI is InChI=1S/C15H13N7O2/c1-9-2-3-11(22(23)24)6-13(9)21-15-17-5-4-12(20-15)10-7-18-14(16)19-8-10/h2-8H,1H3,(H2,16,18,19)(H,17,20,21). The van der Waals surface area contributed by atoms with Crippen molar-refractivity contribution in [2.75, 3.05) is 11.1 Å². The summed E-state index contributed by atoms with van der Waals surface area (Å²) in [5.41, 5.74) is 8.16. The van der Waals surface area contributed by atoms with Gasteiger partial charge in [0.15, 0.2) is 0 Å². The molecule has 0 atom stereocenters. The molecule has 2 aromatic heterocycles. The highest BCUT2D eigenvalue weighted by molar-refractivity contribution is 5.64. The number of rotatable bonds is 4. The first-order chi connectivity index (χ1) is 11.5. The van der Waals surface area contributed by atoms with Gasteiger partial charge < -0.3 is 11.1 Å². The van der Waals surface area contributed by atoms with Gasteiger partial charge in [-0.3, -0.25) is 10.1 Å². The monoisotopic (exact) mass is 323 g/mol. The third-order valence-corrected chi connectivity index (χ3v) is 3.30. The maximum Gasteiger partial charge on any atom is 0.271 e. The Hall–Kier alpha value is -3.62. The molecule has 0 bridgehead atoms. The fourth-order valence-electron chi connectivity index (χ4n) is 2.03. The van der Waals surface area contributed by atoms with Gasteiger partial charge >= 0.3 is 0 Å². The van der Waals surface area contributed by atoms with Crippen molar-refractivity contribution in [1.29, 1.82) is 0 Å². The number of aromatic nitrogens is 4. The third kappa shape index (κ3) is 3.24. The number of non-ortho nitro benzene ring substituents is 1. The van der Waals surface area contributed by atoms with E-state index in [4.69, 9.17) is 5.73 Å². The molecule has 0 radical (unpaired) electrons. The predicted molar refractivity (Wildman–Crippen MR) is 88.6 cm³/mol. The maximum absolute atomic E-state index is 10.9. The Labute approximate surface area is 136 Å². The zero-order chi connectivity index (χ0) is 17.1. The van der Waals surface area contributed by atoms with Crippen LogP contribution in [-0.4, -0.2) is 24.9 Å². The summed E-state index contributed by atoms with van der Waals surface area (Å²) in [4.78, 5) is 26.8. The highest BCUT2D eigenvalue weighted by Crippen LogP contribution is 2.25. The molecule has 3 rings (SSSR count). The van der Waals surface area contributed by atoms with Gasteiger partial charge in [0.2, 0.25) is 11.9 Å². The first kappa shape index (κ1) is 15.3. The molecule has 0 saturated carbocycles. The van der Waals surface area contributed by atoms with Crippen LogP contribution in [0.5, 0.6) is 0 Å². The molecule has 0 amide bonds. The molecule has 1 aromatic carbocycles. The average molecular weight is 323 g/mol. The van der Waals surface area contributed by atoms with E-state index in [1.165, 1.54) is 12.1 Å². The normalized spacial score (nSPS) is 10.4. The van der Waals surface area contributed by atoms with Crippen molar-refractivity contribution in [3.63, 3.8) is 0 Å². The van der Waals surface area contributed by atoms with Crippen LogP contribution in [0.25, 0.3) is 11.3 Å². The summed E-state index contributed by atoms with van der Waals surface area (Å²) < 4.78 is 0. The summed E-state index contributed by atoms with van der Waals surface area (Å²) in [7, 11) is 0. The number of nitrogens with one attached hydrogen (secondary N) is 1. The lowest BCUT2D eigenvalue weighted by Gasteiger charge is -2.09. The van der Waals surface area contributed by atoms with Gasteiger partial charge in [-0.25, -0.2) is 19.9 Å². The Bertz CT molecular complexity index is 897. The van der Waals surface area contributed by atoms with Gasteiger partial charge in [0, 0.05) is 36.3 Å². The number of benzene rings is 1. The van der Waals surface area contributed by atoms with E-state index in [9.17, 15) is 10.1 Å². The molecule has 0 aliphatic heterocycles. The van der Waals surface area contributed by atoms with Gasteiger partial charge in [-0.05, 0) is 18.6 Å². The van der Waals surface area contributed by atoms with Crippen LogP contribution in [0.2, 0.25) is 0 Å². The third-order valence-electron chi connectivity index (χ3n) is 3.30. The second kappa shape index (κ2) is 6.24. The number of hydrogen-bond donors (Lipinski definition) is 2. The smallest absolute Gasteiger partial charge is 0.271 e. The average Bonchev–Trinajstić information content (AvgIpc) is 2.57. The quantitative estimate of drug-likeness (QED) is 0.552. The molecule has 24 heavy (non-hydrogen) atoms. The SMILES string of the molecule is Cc1ccc([N+](=O)[O-])cc1Nc1nccc(-c2cnc(N)nc2)n1. The van der Waals surface area contributed by atoms with Crippen LogP contribution in [0, 0.1) is 17.0 Å². The molecule has 9 heteroatoms. The molecule has 0 fully saturated rings. The fourth-order valence-corrected chi connectivity index (χ4v) is 2.03. The Balaban J connectivity index is 1.91. The minimum atomic E-state index is -0.451. The summed E-state index contributed by atoms with van der Waals surface area (Å²) in [6.45, 7) is 1.84. The molecule has 120 valence electrons. The van der Waals surface area contributed by atoms with Crippen LogP contribution in [0.3, 0.4) is 0 Å². The molecule has 9 nitrogen and oxygen atoms in total. The number of aryl methyl sites for hydroxylation is 1. The summed E-state index contributed by atoms with van der Waals surface area (Å²) in [6.07, 6.45) is 4.70. The Kier molecular flexibility index (Phi) is 3.98. The van der Waals surface area contributed by atoms with Gasteiger partial charge in [0.25, 0.3) is 5.69 Å². The maximum atomic E-state index is 10.9. The molecule has 0 aliphatic carbocycles. The lowest BCUT2D eigenvalue weighted by molar-refractivity contribution is -0.384. The van der Waals surface area contributed by atoms with Crippen molar-refractivity contribution >= 4 is 23.3 Å². The molecule has 0 unspecified atom stereocenters. The summed E-state index contributed by atoms with van der Waals surface area (Å²) in [5.74, 6) is 0.492. The summed E-state index contributed by atoms with van der Waals surface area (Å²) in [5, 5.41) is 13.9. The molecule has 0 saturated heterocycles. The minimum absolute atomic E-state index is 0.00816. The number of nitrogen functional groups attached to an aromatic ring is 1. The van der Waals surface area contributed by atoms with Crippen LogP contribution in [-0.2, 0) is 0 Å². The summed E-state index contributed by atoms with van der Waals surface area (Å²) in [6, 6.07) is 6.26. The first-order valence-electron chi connectivity index (χ1n) is 6.96. The van der Waals surface area contributed by atoms with E-state index < -0.39 is 4.92 Å².